The standard InChI is InChI=1S/C12H12F3NO3/c1-12(2,3)19-11(18)16-7-4-6(5-17)8(13)10(15)9(7)14/h4-5H,1-3H3,(H,16,18). The van der Waals surface area contributed by atoms with Crippen LogP contribution in [-0.4, -0.2) is 18.0 Å². The van der Waals surface area contributed by atoms with Gasteiger partial charge in [0.15, 0.2) is 23.7 Å². The molecular weight excluding hydrogens is 263 g/mol. The maximum Gasteiger partial charge on any atom is 0.412 e. The highest BCUT2D eigenvalue weighted by molar-refractivity contribution is 5.87. The number of halogens is 3. The SMILES string of the molecule is CC(C)(C)OC(=O)Nc1cc(C=O)c(F)c(F)c1F. The normalized spacial score (nSPS) is 11.1. The largest absolute Gasteiger partial charge is 0.444 e. The van der Waals surface area contributed by atoms with Crippen LogP contribution in [-0.2, 0) is 4.74 Å². The van der Waals surface area contributed by atoms with Crippen molar-refractivity contribution in [3.05, 3.63) is 29.1 Å². The first-order valence-corrected chi connectivity index (χ1v) is 5.28. The van der Waals surface area contributed by atoms with Gasteiger partial charge < -0.3 is 4.74 Å². The van der Waals surface area contributed by atoms with E-state index in [-0.39, 0.29) is 6.29 Å². The summed E-state index contributed by atoms with van der Waals surface area (Å²) in [5.41, 5.74) is -2.22. The van der Waals surface area contributed by atoms with E-state index in [1.807, 2.05) is 5.32 Å². The number of hydrogen-bond donors (Lipinski definition) is 1. The zero-order valence-corrected chi connectivity index (χ0v) is 10.5. The first-order valence-electron chi connectivity index (χ1n) is 5.28. The van der Waals surface area contributed by atoms with E-state index in [1.165, 1.54) is 0 Å². The summed E-state index contributed by atoms with van der Waals surface area (Å²) in [4.78, 5) is 21.9. The minimum Gasteiger partial charge on any atom is -0.444 e. The van der Waals surface area contributed by atoms with Crippen LogP contribution >= 0.6 is 0 Å². The zero-order chi connectivity index (χ0) is 14.8. The van der Waals surface area contributed by atoms with Crippen molar-refractivity contribution in [3.8, 4) is 0 Å². The molecule has 7 heteroatoms. The average molecular weight is 275 g/mol. The summed E-state index contributed by atoms with van der Waals surface area (Å²) in [6.07, 6.45) is -1.03. The third-order valence-corrected chi connectivity index (χ3v) is 1.94. The molecule has 4 nitrogen and oxygen atoms in total. The fourth-order valence-electron chi connectivity index (χ4n) is 1.21. The van der Waals surface area contributed by atoms with E-state index in [4.69, 9.17) is 4.74 Å². The van der Waals surface area contributed by atoms with Crippen LogP contribution in [0.4, 0.5) is 23.7 Å². The maximum absolute atomic E-state index is 13.4. The average Bonchev–Trinajstić information content (AvgIpc) is 2.27. The van der Waals surface area contributed by atoms with E-state index < -0.39 is 40.4 Å². The van der Waals surface area contributed by atoms with Crippen molar-refractivity contribution < 1.29 is 27.5 Å². The Hall–Kier alpha value is -2.05. The summed E-state index contributed by atoms with van der Waals surface area (Å²) >= 11 is 0. The van der Waals surface area contributed by atoms with E-state index in [0.717, 1.165) is 0 Å². The van der Waals surface area contributed by atoms with Gasteiger partial charge in [0.2, 0.25) is 0 Å². The number of ether oxygens (including phenoxy) is 1. The fourth-order valence-corrected chi connectivity index (χ4v) is 1.21. The van der Waals surface area contributed by atoms with Gasteiger partial charge in [-0.25, -0.2) is 18.0 Å². The second kappa shape index (κ2) is 5.29. The van der Waals surface area contributed by atoms with E-state index in [1.54, 1.807) is 20.8 Å². The van der Waals surface area contributed by atoms with E-state index in [9.17, 15) is 22.8 Å². The first-order chi connectivity index (χ1) is 8.65. The Balaban J connectivity index is 3.05. The molecule has 0 spiro atoms. The summed E-state index contributed by atoms with van der Waals surface area (Å²) in [6.45, 7) is 4.72. The number of benzene rings is 1. The van der Waals surface area contributed by atoms with Gasteiger partial charge in [-0.1, -0.05) is 0 Å². The van der Waals surface area contributed by atoms with Crippen molar-refractivity contribution in [2.75, 3.05) is 5.32 Å². The van der Waals surface area contributed by atoms with Crippen molar-refractivity contribution in [2.24, 2.45) is 0 Å². The van der Waals surface area contributed by atoms with Crippen LogP contribution in [0.2, 0.25) is 0 Å². The second-order valence-electron chi connectivity index (χ2n) is 4.70. The molecule has 0 heterocycles. The predicted molar refractivity (Wildman–Crippen MR) is 61.6 cm³/mol. The molecule has 0 saturated heterocycles. The molecule has 104 valence electrons. The van der Waals surface area contributed by atoms with Gasteiger partial charge in [0, 0.05) is 0 Å². The maximum atomic E-state index is 13.4. The van der Waals surface area contributed by atoms with Crippen molar-refractivity contribution in [3.63, 3.8) is 0 Å². The Labute approximate surface area is 107 Å². The minimum absolute atomic E-state index is 0.0120. The Morgan fingerprint density at radius 1 is 1.21 bits per heavy atom. The van der Waals surface area contributed by atoms with Gasteiger partial charge in [0.05, 0.1) is 11.3 Å². The zero-order valence-electron chi connectivity index (χ0n) is 10.5. The molecule has 1 aromatic rings. The van der Waals surface area contributed by atoms with Crippen LogP contribution in [0.3, 0.4) is 0 Å². The number of amides is 1. The Morgan fingerprint density at radius 3 is 2.26 bits per heavy atom. The van der Waals surface area contributed by atoms with Crippen LogP contribution in [0.25, 0.3) is 0 Å². The summed E-state index contributed by atoms with van der Waals surface area (Å²) in [7, 11) is 0. The van der Waals surface area contributed by atoms with Gasteiger partial charge in [-0.05, 0) is 26.8 Å². The number of anilines is 1. The summed E-state index contributed by atoms with van der Waals surface area (Å²) in [6, 6.07) is 0.685. The van der Waals surface area contributed by atoms with Gasteiger partial charge in [-0.2, -0.15) is 0 Å². The van der Waals surface area contributed by atoms with Crippen LogP contribution in [0.1, 0.15) is 31.1 Å². The lowest BCUT2D eigenvalue weighted by Crippen LogP contribution is -2.27. The monoisotopic (exact) mass is 275 g/mol. The van der Waals surface area contributed by atoms with Crippen LogP contribution in [0, 0.1) is 17.5 Å². The number of nitrogens with one attached hydrogen (secondary N) is 1. The highest BCUT2D eigenvalue weighted by Gasteiger charge is 2.22. The lowest BCUT2D eigenvalue weighted by Gasteiger charge is -2.20. The van der Waals surface area contributed by atoms with Gasteiger partial charge in [0.25, 0.3) is 0 Å². The molecule has 0 atom stereocenters. The quantitative estimate of drug-likeness (QED) is 0.665. The molecule has 0 aliphatic rings. The van der Waals surface area contributed by atoms with Crippen molar-refractivity contribution in [1.82, 2.24) is 0 Å². The van der Waals surface area contributed by atoms with Crippen molar-refractivity contribution in [2.45, 2.75) is 26.4 Å². The smallest absolute Gasteiger partial charge is 0.412 e. The van der Waals surface area contributed by atoms with Gasteiger partial charge in [-0.3, -0.25) is 10.1 Å². The molecule has 1 rings (SSSR count). The molecule has 0 aliphatic heterocycles. The molecule has 0 aliphatic carbocycles. The molecule has 0 aromatic heterocycles. The number of rotatable bonds is 2. The van der Waals surface area contributed by atoms with Crippen LogP contribution in [0.15, 0.2) is 6.07 Å². The fraction of sp³-hybridized carbons (Fsp3) is 0.333. The van der Waals surface area contributed by atoms with Crippen molar-refractivity contribution in [1.29, 1.82) is 0 Å². The molecule has 0 fully saturated rings. The molecule has 0 radical (unpaired) electrons. The van der Waals surface area contributed by atoms with Gasteiger partial charge in [-0.15, -0.1) is 0 Å². The van der Waals surface area contributed by atoms with E-state index >= 15 is 0 Å². The summed E-state index contributed by atoms with van der Waals surface area (Å²) < 4.78 is 44.4. The minimum atomic E-state index is -1.84. The van der Waals surface area contributed by atoms with Crippen molar-refractivity contribution >= 4 is 18.1 Å². The molecule has 1 N–H and O–H groups in total. The Morgan fingerprint density at radius 2 is 1.79 bits per heavy atom. The van der Waals surface area contributed by atoms with Gasteiger partial charge in [0.1, 0.15) is 5.60 Å². The molecular formula is C12H12F3NO3. The molecule has 0 unspecified atom stereocenters. The van der Waals surface area contributed by atoms with Crippen LogP contribution in [0.5, 0.6) is 0 Å². The molecule has 1 aromatic carbocycles. The predicted octanol–water partition coefficient (Wildman–Crippen LogP) is 3.26. The third kappa shape index (κ3) is 3.70. The highest BCUT2D eigenvalue weighted by Crippen LogP contribution is 2.23. The molecule has 1 amide bonds. The number of aldehydes is 1. The van der Waals surface area contributed by atoms with Crippen LogP contribution < -0.4 is 5.32 Å². The Kier molecular flexibility index (Phi) is 4.18. The molecule has 19 heavy (non-hydrogen) atoms. The van der Waals surface area contributed by atoms with Gasteiger partial charge >= 0.3 is 6.09 Å². The topological polar surface area (TPSA) is 55.4 Å². The van der Waals surface area contributed by atoms with E-state index in [2.05, 4.69) is 0 Å². The summed E-state index contributed by atoms with van der Waals surface area (Å²) in [5, 5.41) is 1.91. The van der Waals surface area contributed by atoms with E-state index in [0.29, 0.717) is 6.07 Å². The first kappa shape index (κ1) is 15.0. The molecule has 0 saturated carbocycles. The Bertz CT molecular complexity index is 524. The lowest BCUT2D eigenvalue weighted by molar-refractivity contribution is 0.0635. The number of hydrogen-bond acceptors (Lipinski definition) is 3. The summed E-state index contributed by atoms with van der Waals surface area (Å²) in [5.74, 6) is -5.05. The number of carbonyl (C=O) groups is 2. The third-order valence-electron chi connectivity index (χ3n) is 1.94. The molecule has 0 bridgehead atoms. The number of carbonyl (C=O) groups excluding carboxylic acids is 2. The lowest BCUT2D eigenvalue weighted by atomic mass is 10.2. The highest BCUT2D eigenvalue weighted by atomic mass is 19.2. The second-order valence-corrected chi connectivity index (χ2v) is 4.70.